The van der Waals surface area contributed by atoms with Crippen LogP contribution in [0.4, 0.5) is 5.69 Å². The number of quaternary nitrogens is 1. The number of carbonyl (C=O) groups excluding carboxylic acids is 1. The molecule has 2 bridgehead atoms. The molecule has 164 valence electrons. The lowest BCUT2D eigenvalue weighted by atomic mass is 9.83. The summed E-state index contributed by atoms with van der Waals surface area (Å²) in [5.41, 5.74) is 2.88. The number of benzene rings is 1. The second-order valence-electron chi connectivity index (χ2n) is 8.73. The van der Waals surface area contributed by atoms with Gasteiger partial charge in [-0.3, -0.25) is 14.6 Å². The van der Waals surface area contributed by atoms with Crippen LogP contribution in [0.1, 0.15) is 34.1 Å². The number of likely N-dealkylation sites (tertiary alicyclic amines) is 1. The van der Waals surface area contributed by atoms with Gasteiger partial charge >= 0.3 is 0 Å². The average molecular weight is 432 g/mol. The molecule has 5 rings (SSSR count). The number of rotatable bonds is 5. The van der Waals surface area contributed by atoms with Crippen LogP contribution in [-0.2, 0) is 13.1 Å². The third-order valence-corrected chi connectivity index (χ3v) is 6.55. The Kier molecular flexibility index (Phi) is 5.49. The number of hydrogen-bond donors (Lipinski definition) is 2. The summed E-state index contributed by atoms with van der Waals surface area (Å²) in [4.78, 5) is 31.8. The highest BCUT2D eigenvalue weighted by Crippen LogP contribution is 2.31. The van der Waals surface area contributed by atoms with Crippen LogP contribution in [0, 0.1) is 5.92 Å². The maximum Gasteiger partial charge on any atom is 0.274 e. The summed E-state index contributed by atoms with van der Waals surface area (Å²) >= 11 is 0. The Morgan fingerprint density at radius 2 is 2.00 bits per heavy atom. The first-order valence-corrected chi connectivity index (χ1v) is 11.0. The van der Waals surface area contributed by atoms with E-state index in [9.17, 15) is 9.59 Å². The molecule has 0 saturated carbocycles. The van der Waals surface area contributed by atoms with E-state index in [4.69, 9.17) is 4.74 Å². The van der Waals surface area contributed by atoms with Gasteiger partial charge in [0.2, 0.25) is 0 Å². The molecule has 7 heteroatoms. The Labute approximate surface area is 186 Å². The summed E-state index contributed by atoms with van der Waals surface area (Å²) in [6, 6.07) is 16.7. The summed E-state index contributed by atoms with van der Waals surface area (Å²) in [5.74, 6) is 1.18. The molecule has 1 amide bonds. The fraction of sp³-hybridized carbons (Fsp3) is 0.320. The minimum absolute atomic E-state index is 0.118. The second-order valence-corrected chi connectivity index (χ2v) is 8.73. The zero-order valence-electron chi connectivity index (χ0n) is 18.1. The van der Waals surface area contributed by atoms with Crippen LogP contribution >= 0.6 is 0 Å². The topological polar surface area (TPSA) is 77.7 Å². The molecule has 2 aliphatic heterocycles. The van der Waals surface area contributed by atoms with E-state index < -0.39 is 0 Å². The van der Waals surface area contributed by atoms with Crippen molar-refractivity contribution < 1.29 is 14.4 Å². The van der Waals surface area contributed by atoms with Gasteiger partial charge in [0.25, 0.3) is 11.5 Å². The largest absolute Gasteiger partial charge is 0.497 e. The first-order valence-electron chi connectivity index (χ1n) is 11.0. The van der Waals surface area contributed by atoms with Crippen LogP contribution in [0.25, 0.3) is 0 Å². The van der Waals surface area contributed by atoms with E-state index in [1.54, 1.807) is 37.4 Å². The molecule has 1 unspecified atom stereocenters. The summed E-state index contributed by atoms with van der Waals surface area (Å²) in [6.45, 7) is 3.63. The summed E-state index contributed by atoms with van der Waals surface area (Å²) in [5, 5.41) is 2.79. The molecule has 0 aliphatic carbocycles. The highest BCUT2D eigenvalue weighted by Gasteiger charge is 2.37. The van der Waals surface area contributed by atoms with Crippen LogP contribution < -0.4 is 20.5 Å². The fourth-order valence-electron chi connectivity index (χ4n) is 5.10. The highest BCUT2D eigenvalue weighted by molar-refractivity contribution is 6.04. The van der Waals surface area contributed by atoms with Crippen molar-refractivity contribution in [2.24, 2.45) is 5.92 Å². The van der Waals surface area contributed by atoms with E-state index in [0.717, 1.165) is 37.4 Å². The van der Waals surface area contributed by atoms with Crippen LogP contribution in [0.5, 0.6) is 5.75 Å². The van der Waals surface area contributed by atoms with E-state index in [-0.39, 0.29) is 11.5 Å². The molecule has 0 radical (unpaired) electrons. The summed E-state index contributed by atoms with van der Waals surface area (Å²) < 4.78 is 7.01. The molecule has 2 aromatic heterocycles. The van der Waals surface area contributed by atoms with Gasteiger partial charge in [0, 0.05) is 35.8 Å². The van der Waals surface area contributed by atoms with Crippen molar-refractivity contribution in [1.82, 2.24) is 9.55 Å². The molecular weight excluding hydrogens is 404 g/mol. The number of anilines is 1. The molecular formula is C25H27N4O3+. The van der Waals surface area contributed by atoms with Crippen LogP contribution in [-0.4, -0.2) is 35.7 Å². The van der Waals surface area contributed by atoms with E-state index in [0.29, 0.717) is 35.4 Å². The Morgan fingerprint density at radius 1 is 1.16 bits per heavy atom. The molecule has 2 N–H and O–H groups in total. The van der Waals surface area contributed by atoms with Gasteiger partial charge < -0.3 is 19.5 Å². The Hall–Kier alpha value is -3.45. The minimum Gasteiger partial charge on any atom is -0.497 e. The summed E-state index contributed by atoms with van der Waals surface area (Å²) in [6.07, 6.45) is 2.96. The smallest absolute Gasteiger partial charge is 0.274 e. The van der Waals surface area contributed by atoms with Gasteiger partial charge in [-0.05, 0) is 55.0 Å². The third kappa shape index (κ3) is 4.03. The lowest BCUT2D eigenvalue weighted by Crippen LogP contribution is -3.13. The highest BCUT2D eigenvalue weighted by atomic mass is 16.5. The second kappa shape index (κ2) is 8.59. The van der Waals surface area contributed by atoms with Crippen molar-refractivity contribution >= 4 is 11.6 Å². The van der Waals surface area contributed by atoms with Crippen LogP contribution in [0.3, 0.4) is 0 Å². The molecule has 0 spiro atoms. The first kappa shape index (κ1) is 20.5. The molecule has 2 aliphatic rings. The fourth-order valence-corrected chi connectivity index (χ4v) is 5.10. The van der Waals surface area contributed by atoms with E-state index in [1.165, 1.54) is 4.90 Å². The number of fused-ring (bicyclic) bond motifs is 4. The number of ether oxygens (including phenoxy) is 1. The molecule has 32 heavy (non-hydrogen) atoms. The monoisotopic (exact) mass is 431 g/mol. The third-order valence-electron chi connectivity index (χ3n) is 6.55. The number of methoxy groups -OCH3 is 1. The predicted octanol–water partition coefficient (Wildman–Crippen LogP) is 1.71. The molecule has 1 saturated heterocycles. The SMILES string of the molecule is COc1ccc(C(=O)Nc2ccc3n(c2=O)C[C@H]2C[C@@H]3C[NH+](Cc3ccccn3)C2)cc1. The van der Waals surface area contributed by atoms with Gasteiger partial charge in [-0.2, -0.15) is 0 Å². The average Bonchev–Trinajstić information content (AvgIpc) is 2.82. The lowest BCUT2D eigenvalue weighted by molar-refractivity contribution is -0.924. The normalized spacial score (nSPS) is 21.5. The van der Waals surface area contributed by atoms with Gasteiger partial charge in [-0.15, -0.1) is 0 Å². The van der Waals surface area contributed by atoms with E-state index >= 15 is 0 Å². The number of nitrogens with one attached hydrogen (secondary N) is 2. The zero-order valence-corrected chi connectivity index (χ0v) is 18.1. The molecule has 3 atom stereocenters. The van der Waals surface area contributed by atoms with Gasteiger partial charge in [0.15, 0.2) is 0 Å². The molecule has 1 aromatic carbocycles. The number of piperidine rings is 1. The molecule has 3 aromatic rings. The summed E-state index contributed by atoms with van der Waals surface area (Å²) in [7, 11) is 1.58. The van der Waals surface area contributed by atoms with Gasteiger partial charge in [0.05, 0.1) is 25.9 Å². The first-order chi connectivity index (χ1) is 15.6. The molecule has 4 heterocycles. The quantitative estimate of drug-likeness (QED) is 0.645. The number of amides is 1. The van der Waals surface area contributed by atoms with Crippen LogP contribution in [0.2, 0.25) is 0 Å². The van der Waals surface area contributed by atoms with Crippen LogP contribution in [0.15, 0.2) is 65.6 Å². The van der Waals surface area contributed by atoms with E-state index in [1.807, 2.05) is 29.0 Å². The number of aromatic nitrogens is 2. The van der Waals surface area contributed by atoms with Crippen molar-refractivity contribution in [3.8, 4) is 5.75 Å². The maximum atomic E-state index is 13.2. The number of nitrogens with zero attached hydrogens (tertiary/aromatic N) is 2. The van der Waals surface area contributed by atoms with Crippen molar-refractivity contribution in [1.29, 1.82) is 0 Å². The van der Waals surface area contributed by atoms with Crippen molar-refractivity contribution in [3.63, 3.8) is 0 Å². The number of carbonyl (C=O) groups is 1. The number of pyridine rings is 2. The van der Waals surface area contributed by atoms with E-state index in [2.05, 4.69) is 16.4 Å². The lowest BCUT2D eigenvalue weighted by Gasteiger charge is -2.40. The number of hydrogen-bond acceptors (Lipinski definition) is 4. The molecule has 7 nitrogen and oxygen atoms in total. The van der Waals surface area contributed by atoms with Gasteiger partial charge in [-0.25, -0.2) is 0 Å². The molecule has 1 fully saturated rings. The Morgan fingerprint density at radius 3 is 2.75 bits per heavy atom. The zero-order chi connectivity index (χ0) is 22.1. The predicted molar refractivity (Wildman–Crippen MR) is 121 cm³/mol. The van der Waals surface area contributed by atoms with Gasteiger partial charge in [-0.1, -0.05) is 6.07 Å². The van der Waals surface area contributed by atoms with Crippen molar-refractivity contribution in [2.75, 3.05) is 25.5 Å². The Balaban J connectivity index is 1.33. The van der Waals surface area contributed by atoms with Crippen molar-refractivity contribution in [3.05, 3.63) is 88.1 Å². The van der Waals surface area contributed by atoms with Gasteiger partial charge in [0.1, 0.15) is 18.0 Å². The maximum absolute atomic E-state index is 13.2. The standard InChI is InChI=1S/C25H26N4O3/c1-32-21-7-5-18(6-8-21)24(30)27-22-9-10-23-19-12-17(14-29(23)25(22)31)13-28(15-19)16-20-4-2-3-11-26-20/h2-11,17,19H,12-16H2,1H3,(H,27,30)/p+1/t17-,19+/m0/s1. The minimum atomic E-state index is -0.299. The van der Waals surface area contributed by atoms with Crippen molar-refractivity contribution in [2.45, 2.75) is 25.4 Å². The Bertz CT molecular complexity index is 1170.